The number of halogens is 1. The summed E-state index contributed by atoms with van der Waals surface area (Å²) in [6.45, 7) is 0. The maximum atomic E-state index is 12.3. The van der Waals surface area contributed by atoms with Crippen LogP contribution in [0, 0.1) is 0 Å². The van der Waals surface area contributed by atoms with Crippen molar-refractivity contribution in [3.63, 3.8) is 0 Å². The summed E-state index contributed by atoms with van der Waals surface area (Å²) in [5.41, 5.74) is 3.35. The van der Waals surface area contributed by atoms with Gasteiger partial charge in [-0.1, -0.05) is 11.6 Å². The monoisotopic (exact) mass is 378 g/mol. The zero-order chi connectivity index (χ0) is 19.1. The molecule has 7 nitrogen and oxygen atoms in total. The average molecular weight is 379 g/mol. The Hall–Kier alpha value is -2.93. The van der Waals surface area contributed by atoms with Crippen LogP contribution in [0.5, 0.6) is 23.0 Å². The number of hydrogen-bond donors (Lipinski definition) is 1. The Labute approximate surface area is 156 Å². The Balaban J connectivity index is 2.18. The van der Waals surface area contributed by atoms with Crippen molar-refractivity contribution in [1.82, 2.24) is 5.43 Å². The molecule has 0 heterocycles. The van der Waals surface area contributed by atoms with Crippen molar-refractivity contribution in [1.29, 1.82) is 0 Å². The van der Waals surface area contributed by atoms with E-state index < -0.39 is 5.91 Å². The molecule has 138 valence electrons. The number of benzene rings is 2. The van der Waals surface area contributed by atoms with Crippen molar-refractivity contribution in [2.75, 3.05) is 28.4 Å². The van der Waals surface area contributed by atoms with Crippen LogP contribution in [0.15, 0.2) is 35.4 Å². The fraction of sp³-hybridized carbons (Fsp3) is 0.222. The van der Waals surface area contributed by atoms with E-state index in [1.807, 2.05) is 0 Å². The minimum atomic E-state index is -0.431. The fourth-order valence-corrected chi connectivity index (χ4v) is 2.44. The van der Waals surface area contributed by atoms with Gasteiger partial charge in [0.15, 0.2) is 0 Å². The summed E-state index contributed by atoms with van der Waals surface area (Å²) >= 11 is 6.11. The van der Waals surface area contributed by atoms with E-state index in [1.54, 1.807) is 30.3 Å². The van der Waals surface area contributed by atoms with E-state index in [9.17, 15) is 4.79 Å². The molecule has 0 bridgehead atoms. The van der Waals surface area contributed by atoms with E-state index in [4.69, 9.17) is 30.5 Å². The van der Waals surface area contributed by atoms with Gasteiger partial charge in [-0.15, -0.1) is 0 Å². The third-order valence-electron chi connectivity index (χ3n) is 3.53. The number of carbonyl (C=O) groups is 1. The van der Waals surface area contributed by atoms with Crippen molar-refractivity contribution >= 4 is 23.7 Å². The van der Waals surface area contributed by atoms with Gasteiger partial charge in [-0.2, -0.15) is 5.10 Å². The third kappa shape index (κ3) is 4.37. The van der Waals surface area contributed by atoms with Gasteiger partial charge in [-0.3, -0.25) is 4.79 Å². The highest BCUT2D eigenvalue weighted by atomic mass is 35.5. The van der Waals surface area contributed by atoms with Gasteiger partial charge in [0, 0.05) is 17.7 Å². The number of carbonyl (C=O) groups excluding carboxylic acids is 1. The lowest BCUT2D eigenvalue weighted by Crippen LogP contribution is -2.18. The average Bonchev–Trinajstić information content (AvgIpc) is 2.67. The predicted molar refractivity (Wildman–Crippen MR) is 99.2 cm³/mol. The normalized spacial score (nSPS) is 10.5. The quantitative estimate of drug-likeness (QED) is 0.591. The maximum Gasteiger partial charge on any atom is 0.275 e. The minimum Gasteiger partial charge on any atom is -0.497 e. The lowest BCUT2D eigenvalue weighted by molar-refractivity contribution is 0.0952. The van der Waals surface area contributed by atoms with Crippen LogP contribution in [0.3, 0.4) is 0 Å². The number of rotatable bonds is 7. The van der Waals surface area contributed by atoms with Gasteiger partial charge in [0.25, 0.3) is 5.91 Å². The van der Waals surface area contributed by atoms with Crippen LogP contribution in [-0.2, 0) is 0 Å². The molecule has 2 aromatic carbocycles. The van der Waals surface area contributed by atoms with Crippen LogP contribution in [0.1, 0.15) is 15.9 Å². The summed E-state index contributed by atoms with van der Waals surface area (Å²) in [5, 5.41) is 4.35. The van der Waals surface area contributed by atoms with Crippen LogP contribution in [0.25, 0.3) is 0 Å². The molecule has 2 aromatic rings. The van der Waals surface area contributed by atoms with Crippen LogP contribution in [0.2, 0.25) is 5.02 Å². The Kier molecular flexibility index (Phi) is 6.68. The number of hydrazone groups is 1. The van der Waals surface area contributed by atoms with Gasteiger partial charge >= 0.3 is 0 Å². The van der Waals surface area contributed by atoms with Crippen molar-refractivity contribution in [2.24, 2.45) is 5.10 Å². The van der Waals surface area contributed by atoms with E-state index in [-0.39, 0.29) is 0 Å². The highest BCUT2D eigenvalue weighted by Gasteiger charge is 2.13. The summed E-state index contributed by atoms with van der Waals surface area (Å²) in [4.78, 5) is 12.3. The molecular weight excluding hydrogens is 360 g/mol. The van der Waals surface area contributed by atoms with E-state index >= 15 is 0 Å². The number of nitrogens with zero attached hydrogens (tertiary/aromatic N) is 1. The first kappa shape index (κ1) is 19.4. The van der Waals surface area contributed by atoms with Crippen LogP contribution >= 0.6 is 11.6 Å². The summed E-state index contributed by atoms with van der Waals surface area (Å²) in [7, 11) is 6.03. The lowest BCUT2D eigenvalue weighted by Gasteiger charge is -2.10. The molecular formula is C18H19ClN2O5. The summed E-state index contributed by atoms with van der Waals surface area (Å²) in [6, 6.07) is 8.13. The second kappa shape index (κ2) is 8.96. The molecule has 8 heteroatoms. The summed E-state index contributed by atoms with van der Waals surface area (Å²) in [5.74, 6) is 1.51. The zero-order valence-corrected chi connectivity index (χ0v) is 15.6. The zero-order valence-electron chi connectivity index (χ0n) is 14.8. The van der Waals surface area contributed by atoms with Crippen molar-refractivity contribution in [3.05, 3.63) is 46.5 Å². The molecule has 0 saturated heterocycles. The van der Waals surface area contributed by atoms with Crippen molar-refractivity contribution < 1.29 is 23.7 Å². The number of amides is 1. The van der Waals surface area contributed by atoms with Gasteiger partial charge in [0.2, 0.25) is 0 Å². The van der Waals surface area contributed by atoms with E-state index in [0.717, 1.165) is 0 Å². The standard InChI is InChI=1S/C18H19ClN2O5/c1-23-12-5-6-13(16(8-12)25-3)18(22)21-20-10-11-7-14(19)17(26-4)9-15(11)24-2/h5-10H,1-4H3,(H,21,22). The molecule has 0 aliphatic rings. The molecule has 2 rings (SSSR count). The van der Waals surface area contributed by atoms with Crippen LogP contribution in [0.4, 0.5) is 0 Å². The second-order valence-electron chi connectivity index (χ2n) is 4.99. The van der Waals surface area contributed by atoms with Crippen LogP contribution in [-0.4, -0.2) is 40.6 Å². The molecule has 1 N–H and O–H groups in total. The molecule has 0 spiro atoms. The SMILES string of the molecule is COc1ccc(C(=O)NN=Cc2cc(Cl)c(OC)cc2OC)c(OC)c1. The Morgan fingerprint density at radius 3 is 2.27 bits per heavy atom. The van der Waals surface area contributed by atoms with Gasteiger partial charge in [-0.25, -0.2) is 5.43 Å². The lowest BCUT2D eigenvalue weighted by atomic mass is 10.2. The van der Waals surface area contributed by atoms with Gasteiger partial charge in [0.1, 0.15) is 23.0 Å². The highest BCUT2D eigenvalue weighted by molar-refractivity contribution is 6.32. The van der Waals surface area contributed by atoms with Gasteiger partial charge in [-0.05, 0) is 18.2 Å². The van der Waals surface area contributed by atoms with E-state index in [1.165, 1.54) is 34.7 Å². The number of hydrogen-bond acceptors (Lipinski definition) is 6. The first-order valence-corrected chi connectivity index (χ1v) is 7.88. The molecule has 0 radical (unpaired) electrons. The Bertz CT molecular complexity index is 823. The Morgan fingerprint density at radius 1 is 0.962 bits per heavy atom. The molecule has 0 fully saturated rings. The predicted octanol–water partition coefficient (Wildman–Crippen LogP) is 3.14. The smallest absolute Gasteiger partial charge is 0.275 e. The first-order valence-electron chi connectivity index (χ1n) is 7.51. The molecule has 0 aliphatic carbocycles. The largest absolute Gasteiger partial charge is 0.497 e. The van der Waals surface area contributed by atoms with Crippen molar-refractivity contribution in [2.45, 2.75) is 0 Å². The highest BCUT2D eigenvalue weighted by Crippen LogP contribution is 2.31. The molecule has 0 aliphatic heterocycles. The molecule has 0 atom stereocenters. The number of nitrogens with one attached hydrogen (secondary N) is 1. The number of ether oxygens (including phenoxy) is 4. The van der Waals surface area contributed by atoms with E-state index in [0.29, 0.717) is 39.1 Å². The molecule has 0 unspecified atom stereocenters. The van der Waals surface area contributed by atoms with Crippen molar-refractivity contribution in [3.8, 4) is 23.0 Å². The topological polar surface area (TPSA) is 78.4 Å². The molecule has 1 amide bonds. The first-order chi connectivity index (χ1) is 12.5. The van der Waals surface area contributed by atoms with Crippen LogP contribution < -0.4 is 24.4 Å². The number of methoxy groups -OCH3 is 4. The van der Waals surface area contributed by atoms with Gasteiger partial charge in [0.05, 0.1) is 45.2 Å². The minimum absolute atomic E-state index is 0.324. The summed E-state index contributed by atoms with van der Waals surface area (Å²) < 4.78 is 20.7. The Morgan fingerprint density at radius 2 is 1.65 bits per heavy atom. The second-order valence-corrected chi connectivity index (χ2v) is 5.40. The summed E-state index contributed by atoms with van der Waals surface area (Å²) in [6.07, 6.45) is 1.43. The van der Waals surface area contributed by atoms with Gasteiger partial charge < -0.3 is 18.9 Å². The molecule has 0 aromatic heterocycles. The fourth-order valence-electron chi connectivity index (χ4n) is 2.19. The molecule has 0 saturated carbocycles. The maximum absolute atomic E-state index is 12.3. The van der Waals surface area contributed by atoms with E-state index in [2.05, 4.69) is 10.5 Å². The molecule has 26 heavy (non-hydrogen) atoms. The third-order valence-corrected chi connectivity index (χ3v) is 3.82.